The summed E-state index contributed by atoms with van der Waals surface area (Å²) in [6, 6.07) is 7.28. The third-order valence-corrected chi connectivity index (χ3v) is 4.18. The molecule has 1 aromatic carbocycles. The largest absolute Gasteiger partial charge is 0.384 e. The summed E-state index contributed by atoms with van der Waals surface area (Å²) in [6.45, 7) is 5.86. The van der Waals surface area contributed by atoms with Crippen molar-refractivity contribution in [2.24, 2.45) is 0 Å². The van der Waals surface area contributed by atoms with Crippen molar-refractivity contribution in [2.75, 3.05) is 11.9 Å². The second kappa shape index (κ2) is 6.28. The first kappa shape index (κ1) is 15.5. The monoisotopic (exact) mass is 304 g/mol. The van der Waals surface area contributed by atoms with Crippen molar-refractivity contribution in [3.05, 3.63) is 51.7 Å². The van der Waals surface area contributed by atoms with Crippen LogP contribution in [0.3, 0.4) is 0 Å². The van der Waals surface area contributed by atoms with Crippen molar-refractivity contribution < 1.29 is 9.90 Å². The number of urea groups is 1. The number of amides is 2. The van der Waals surface area contributed by atoms with Gasteiger partial charge in [-0.3, -0.25) is 0 Å². The van der Waals surface area contributed by atoms with E-state index < -0.39 is 5.60 Å². The molecule has 1 unspecified atom stereocenters. The summed E-state index contributed by atoms with van der Waals surface area (Å²) < 4.78 is 0. The van der Waals surface area contributed by atoms with Crippen LogP contribution >= 0.6 is 11.3 Å². The first-order valence-electron chi connectivity index (χ1n) is 6.75. The average molecular weight is 304 g/mol. The molecule has 4 nitrogen and oxygen atoms in total. The van der Waals surface area contributed by atoms with Crippen LogP contribution in [0, 0.1) is 13.8 Å². The number of carbonyl (C=O) groups excluding carboxylic acids is 1. The molecule has 5 heteroatoms. The molecule has 0 spiro atoms. The van der Waals surface area contributed by atoms with Gasteiger partial charge in [0.25, 0.3) is 0 Å². The van der Waals surface area contributed by atoms with Gasteiger partial charge in [-0.2, -0.15) is 11.3 Å². The van der Waals surface area contributed by atoms with E-state index >= 15 is 0 Å². The van der Waals surface area contributed by atoms with Crippen molar-refractivity contribution in [1.82, 2.24) is 5.32 Å². The minimum Gasteiger partial charge on any atom is -0.384 e. The van der Waals surface area contributed by atoms with E-state index in [9.17, 15) is 9.90 Å². The predicted octanol–water partition coefficient (Wildman–Crippen LogP) is 3.39. The second-order valence-corrected chi connectivity index (χ2v) is 6.17. The minimum absolute atomic E-state index is 0.153. The van der Waals surface area contributed by atoms with Crippen molar-refractivity contribution in [1.29, 1.82) is 0 Å². The summed E-state index contributed by atoms with van der Waals surface area (Å²) in [4.78, 5) is 11.9. The van der Waals surface area contributed by atoms with Gasteiger partial charge in [0.1, 0.15) is 5.60 Å². The van der Waals surface area contributed by atoms with Gasteiger partial charge in [-0.25, -0.2) is 4.79 Å². The number of rotatable bonds is 4. The molecule has 0 aliphatic heterocycles. The number of carbonyl (C=O) groups is 1. The lowest BCUT2D eigenvalue weighted by Crippen LogP contribution is -2.40. The first-order chi connectivity index (χ1) is 9.88. The van der Waals surface area contributed by atoms with Crippen LogP contribution in [0.4, 0.5) is 10.5 Å². The molecule has 112 valence electrons. The van der Waals surface area contributed by atoms with Crippen LogP contribution in [-0.2, 0) is 5.60 Å². The molecule has 2 rings (SSSR count). The average Bonchev–Trinajstić information content (AvgIpc) is 2.96. The highest BCUT2D eigenvalue weighted by Crippen LogP contribution is 2.22. The van der Waals surface area contributed by atoms with Crippen LogP contribution < -0.4 is 10.6 Å². The standard InChI is InChI=1S/C16H20N2O2S/c1-11-4-5-14(8-12(11)2)18-15(19)17-10-16(3,20)13-6-7-21-9-13/h4-9,20H,10H2,1-3H3,(H2,17,18,19). The number of hydrogen-bond donors (Lipinski definition) is 3. The zero-order chi connectivity index (χ0) is 15.5. The Morgan fingerprint density at radius 3 is 2.67 bits per heavy atom. The molecule has 0 aliphatic carbocycles. The van der Waals surface area contributed by atoms with Gasteiger partial charge in [-0.1, -0.05) is 6.07 Å². The zero-order valence-corrected chi connectivity index (χ0v) is 13.3. The molecule has 0 saturated heterocycles. The van der Waals surface area contributed by atoms with Crippen LogP contribution in [0.2, 0.25) is 0 Å². The van der Waals surface area contributed by atoms with Crippen molar-refractivity contribution in [2.45, 2.75) is 26.4 Å². The Balaban J connectivity index is 1.91. The topological polar surface area (TPSA) is 61.4 Å². The fourth-order valence-corrected chi connectivity index (χ4v) is 2.70. The Kier molecular flexibility index (Phi) is 4.65. The number of benzene rings is 1. The Labute approximate surface area is 128 Å². The third-order valence-electron chi connectivity index (χ3n) is 3.50. The summed E-state index contributed by atoms with van der Waals surface area (Å²) in [5.41, 5.74) is 2.78. The fourth-order valence-electron chi connectivity index (χ4n) is 1.92. The van der Waals surface area contributed by atoms with Gasteiger partial charge in [0, 0.05) is 5.69 Å². The molecule has 1 atom stereocenters. The van der Waals surface area contributed by atoms with Crippen molar-refractivity contribution in [3.63, 3.8) is 0 Å². The molecule has 21 heavy (non-hydrogen) atoms. The van der Waals surface area contributed by atoms with Gasteiger partial charge >= 0.3 is 6.03 Å². The van der Waals surface area contributed by atoms with Crippen LogP contribution in [0.1, 0.15) is 23.6 Å². The molecule has 0 saturated carbocycles. The van der Waals surface area contributed by atoms with Gasteiger partial charge in [0.15, 0.2) is 0 Å². The Morgan fingerprint density at radius 1 is 1.29 bits per heavy atom. The number of hydrogen-bond acceptors (Lipinski definition) is 3. The zero-order valence-electron chi connectivity index (χ0n) is 12.4. The minimum atomic E-state index is -1.07. The molecule has 2 amide bonds. The number of anilines is 1. The van der Waals surface area contributed by atoms with Gasteiger partial charge in [-0.15, -0.1) is 0 Å². The summed E-state index contributed by atoms with van der Waals surface area (Å²) in [5.74, 6) is 0. The summed E-state index contributed by atoms with van der Waals surface area (Å²) in [5, 5.41) is 19.6. The lowest BCUT2D eigenvalue weighted by molar-refractivity contribution is 0.0604. The second-order valence-electron chi connectivity index (χ2n) is 5.39. The normalized spacial score (nSPS) is 13.5. The number of aliphatic hydroxyl groups is 1. The smallest absolute Gasteiger partial charge is 0.319 e. The number of nitrogens with one attached hydrogen (secondary N) is 2. The van der Waals surface area contributed by atoms with Crippen molar-refractivity contribution in [3.8, 4) is 0 Å². The molecule has 0 bridgehead atoms. The summed E-state index contributed by atoms with van der Waals surface area (Å²) in [7, 11) is 0. The van der Waals surface area contributed by atoms with Crippen LogP contribution in [0.25, 0.3) is 0 Å². The maximum atomic E-state index is 11.9. The quantitative estimate of drug-likeness (QED) is 0.811. The van der Waals surface area contributed by atoms with Gasteiger partial charge in [0.05, 0.1) is 6.54 Å². The predicted molar refractivity (Wildman–Crippen MR) is 86.8 cm³/mol. The maximum absolute atomic E-state index is 11.9. The fraction of sp³-hybridized carbons (Fsp3) is 0.312. The Bertz CT molecular complexity index is 621. The highest BCUT2D eigenvalue weighted by molar-refractivity contribution is 7.08. The lowest BCUT2D eigenvalue weighted by atomic mass is 9.99. The number of thiophene rings is 1. The van der Waals surface area contributed by atoms with E-state index in [2.05, 4.69) is 10.6 Å². The first-order valence-corrected chi connectivity index (χ1v) is 7.70. The maximum Gasteiger partial charge on any atom is 0.319 e. The highest BCUT2D eigenvalue weighted by atomic mass is 32.1. The van der Waals surface area contributed by atoms with Gasteiger partial charge in [-0.05, 0) is 66.4 Å². The molecule has 1 aromatic heterocycles. The SMILES string of the molecule is Cc1ccc(NC(=O)NCC(C)(O)c2ccsc2)cc1C. The van der Waals surface area contributed by atoms with Crippen LogP contribution in [0.15, 0.2) is 35.0 Å². The lowest BCUT2D eigenvalue weighted by Gasteiger charge is -2.23. The van der Waals surface area contributed by atoms with Crippen LogP contribution in [0.5, 0.6) is 0 Å². The molecule has 0 radical (unpaired) electrons. The molecule has 2 aromatic rings. The van der Waals surface area contributed by atoms with E-state index in [1.165, 1.54) is 16.9 Å². The van der Waals surface area contributed by atoms with Crippen molar-refractivity contribution >= 4 is 23.1 Å². The molecule has 3 N–H and O–H groups in total. The number of aryl methyl sites for hydroxylation is 2. The highest BCUT2D eigenvalue weighted by Gasteiger charge is 2.24. The molecular formula is C16H20N2O2S. The van der Waals surface area contributed by atoms with E-state index in [4.69, 9.17) is 0 Å². The third kappa shape index (κ3) is 4.06. The molecule has 1 heterocycles. The molecular weight excluding hydrogens is 284 g/mol. The van der Waals surface area contributed by atoms with E-state index in [0.717, 1.165) is 16.8 Å². The molecule has 0 aliphatic rings. The van der Waals surface area contributed by atoms with E-state index in [1.807, 2.05) is 48.9 Å². The van der Waals surface area contributed by atoms with Crippen LogP contribution in [-0.4, -0.2) is 17.7 Å². The van der Waals surface area contributed by atoms with E-state index in [-0.39, 0.29) is 12.6 Å². The van der Waals surface area contributed by atoms with Gasteiger partial charge < -0.3 is 15.7 Å². The van der Waals surface area contributed by atoms with Gasteiger partial charge in [0.2, 0.25) is 0 Å². The molecule has 0 fully saturated rings. The Hall–Kier alpha value is -1.85. The van der Waals surface area contributed by atoms with E-state index in [0.29, 0.717) is 0 Å². The summed E-state index contributed by atoms with van der Waals surface area (Å²) in [6.07, 6.45) is 0. The Morgan fingerprint density at radius 2 is 2.05 bits per heavy atom. The summed E-state index contributed by atoms with van der Waals surface area (Å²) >= 11 is 1.52. The van der Waals surface area contributed by atoms with E-state index in [1.54, 1.807) is 6.92 Å².